The lowest BCUT2D eigenvalue weighted by atomic mass is 10.1. The summed E-state index contributed by atoms with van der Waals surface area (Å²) in [4.78, 5) is 30.5. The number of aromatic nitrogens is 3. The second-order valence-corrected chi connectivity index (χ2v) is 8.50. The first-order valence-electron chi connectivity index (χ1n) is 10.1. The van der Waals surface area contributed by atoms with Gasteiger partial charge < -0.3 is 10.6 Å². The van der Waals surface area contributed by atoms with Crippen LogP contribution in [0, 0.1) is 0 Å². The molecule has 0 saturated heterocycles. The molecule has 5 rings (SSSR count). The topological polar surface area (TPSA) is 88.4 Å². The average molecular weight is 420 g/mol. The summed E-state index contributed by atoms with van der Waals surface area (Å²) < 4.78 is 1.32. The summed E-state index contributed by atoms with van der Waals surface area (Å²) in [5, 5.41) is 11.8. The number of benzene rings is 2. The van der Waals surface area contributed by atoms with Crippen LogP contribution >= 0.6 is 11.3 Å². The highest BCUT2D eigenvalue weighted by atomic mass is 32.1. The number of nitrogens with one attached hydrogen (secondary N) is 2. The minimum absolute atomic E-state index is 0.111. The monoisotopic (exact) mass is 419 g/mol. The Hall–Kier alpha value is -3.26. The Balaban J connectivity index is 1.43. The third-order valence-electron chi connectivity index (χ3n) is 5.44. The fourth-order valence-electron chi connectivity index (χ4n) is 3.83. The van der Waals surface area contributed by atoms with Crippen molar-refractivity contribution in [2.75, 3.05) is 5.32 Å². The number of anilines is 1. The molecule has 1 amide bonds. The summed E-state index contributed by atoms with van der Waals surface area (Å²) in [7, 11) is 0. The molecule has 0 aliphatic heterocycles. The van der Waals surface area contributed by atoms with Gasteiger partial charge in [0.2, 0.25) is 10.1 Å². The van der Waals surface area contributed by atoms with E-state index in [1.54, 1.807) is 18.2 Å². The van der Waals surface area contributed by atoms with Crippen molar-refractivity contribution in [3.05, 3.63) is 70.0 Å². The van der Waals surface area contributed by atoms with Gasteiger partial charge in [0.1, 0.15) is 0 Å². The van der Waals surface area contributed by atoms with Gasteiger partial charge in [-0.1, -0.05) is 54.5 Å². The first kappa shape index (κ1) is 18.7. The summed E-state index contributed by atoms with van der Waals surface area (Å²) in [6.07, 6.45) is 4.37. The van der Waals surface area contributed by atoms with E-state index in [4.69, 9.17) is 0 Å². The number of amides is 1. The van der Waals surface area contributed by atoms with Gasteiger partial charge in [-0.2, -0.15) is 4.52 Å². The normalized spacial score (nSPS) is 14.4. The van der Waals surface area contributed by atoms with Crippen molar-refractivity contribution in [1.82, 2.24) is 19.9 Å². The van der Waals surface area contributed by atoms with E-state index in [0.717, 1.165) is 31.2 Å². The van der Waals surface area contributed by atoms with E-state index < -0.39 is 0 Å². The van der Waals surface area contributed by atoms with Gasteiger partial charge in [0.05, 0.1) is 10.9 Å². The van der Waals surface area contributed by atoms with Gasteiger partial charge in [0.25, 0.3) is 11.5 Å². The summed E-state index contributed by atoms with van der Waals surface area (Å²) >= 11 is 1.32. The molecule has 2 heterocycles. The van der Waals surface area contributed by atoms with Gasteiger partial charge in [-0.05, 0) is 36.6 Å². The Morgan fingerprint density at radius 2 is 1.93 bits per heavy atom. The van der Waals surface area contributed by atoms with Crippen LogP contribution in [0.2, 0.25) is 0 Å². The Bertz CT molecular complexity index is 1280. The highest BCUT2D eigenvalue weighted by Gasteiger charge is 2.19. The van der Waals surface area contributed by atoms with E-state index in [9.17, 15) is 9.59 Å². The standard InChI is InChI=1S/C22H21N5O2S/c28-19(24-16-8-4-5-9-16)15-10-11-17-18(12-15)25-22-27(20(17)29)26-21(30-22)23-13-14-6-2-1-3-7-14/h1-3,6-7,10-12,16H,4-5,8-9,13H2,(H,23,26)(H,24,28). The van der Waals surface area contributed by atoms with Crippen LogP contribution < -0.4 is 16.2 Å². The molecular formula is C22H21N5O2S. The van der Waals surface area contributed by atoms with Gasteiger partial charge in [-0.3, -0.25) is 9.59 Å². The number of carbonyl (C=O) groups excluding carboxylic acids is 1. The lowest BCUT2D eigenvalue weighted by Gasteiger charge is -2.12. The zero-order valence-electron chi connectivity index (χ0n) is 16.3. The third-order valence-corrected chi connectivity index (χ3v) is 6.30. The fourth-order valence-corrected chi connectivity index (χ4v) is 4.63. The summed E-state index contributed by atoms with van der Waals surface area (Å²) in [5.74, 6) is -0.111. The predicted octanol–water partition coefficient (Wildman–Crippen LogP) is 3.59. The smallest absolute Gasteiger partial charge is 0.283 e. The van der Waals surface area contributed by atoms with Crippen molar-refractivity contribution in [3.8, 4) is 0 Å². The second-order valence-electron chi connectivity index (χ2n) is 7.54. The van der Waals surface area contributed by atoms with Gasteiger partial charge in [0.15, 0.2) is 0 Å². The number of nitrogens with zero attached hydrogens (tertiary/aromatic N) is 3. The van der Waals surface area contributed by atoms with E-state index in [2.05, 4.69) is 20.7 Å². The van der Waals surface area contributed by atoms with Crippen molar-refractivity contribution in [1.29, 1.82) is 0 Å². The maximum Gasteiger partial charge on any atom is 0.283 e. The minimum atomic E-state index is -0.234. The lowest BCUT2D eigenvalue weighted by Crippen LogP contribution is -2.32. The quantitative estimate of drug-likeness (QED) is 0.516. The zero-order chi connectivity index (χ0) is 20.5. The average Bonchev–Trinajstić information content (AvgIpc) is 3.42. The molecule has 0 atom stereocenters. The van der Waals surface area contributed by atoms with E-state index in [-0.39, 0.29) is 17.5 Å². The maximum atomic E-state index is 12.9. The molecule has 4 aromatic rings. The maximum absolute atomic E-state index is 12.9. The van der Waals surface area contributed by atoms with Gasteiger partial charge in [-0.15, -0.1) is 5.10 Å². The molecule has 2 aromatic heterocycles. The fraction of sp³-hybridized carbons (Fsp3) is 0.273. The van der Waals surface area contributed by atoms with Gasteiger partial charge >= 0.3 is 0 Å². The van der Waals surface area contributed by atoms with Crippen LogP contribution in [0.5, 0.6) is 0 Å². The van der Waals surface area contributed by atoms with Crippen molar-refractivity contribution in [3.63, 3.8) is 0 Å². The Kier molecular flexibility index (Phi) is 4.92. The summed E-state index contributed by atoms with van der Waals surface area (Å²) in [5.41, 5.74) is 1.93. The predicted molar refractivity (Wildman–Crippen MR) is 118 cm³/mol. The molecule has 8 heteroatoms. The van der Waals surface area contributed by atoms with Crippen LogP contribution in [-0.4, -0.2) is 26.5 Å². The molecule has 0 spiro atoms. The molecule has 0 radical (unpaired) electrons. The van der Waals surface area contributed by atoms with Gasteiger partial charge in [0, 0.05) is 18.2 Å². The van der Waals surface area contributed by atoms with Crippen LogP contribution in [0.4, 0.5) is 5.13 Å². The Labute approximate surface area is 176 Å². The molecule has 2 aromatic carbocycles. The molecule has 1 aliphatic carbocycles. The first-order chi connectivity index (χ1) is 14.7. The van der Waals surface area contributed by atoms with Crippen molar-refractivity contribution in [2.45, 2.75) is 38.3 Å². The largest absolute Gasteiger partial charge is 0.356 e. The second kappa shape index (κ2) is 7.87. The molecule has 7 nitrogen and oxygen atoms in total. The highest BCUT2D eigenvalue weighted by molar-refractivity contribution is 7.20. The van der Waals surface area contributed by atoms with Crippen molar-refractivity contribution in [2.24, 2.45) is 0 Å². The van der Waals surface area contributed by atoms with Crippen molar-refractivity contribution >= 4 is 38.2 Å². The van der Waals surface area contributed by atoms with Crippen LogP contribution in [0.25, 0.3) is 15.9 Å². The Morgan fingerprint density at radius 3 is 2.73 bits per heavy atom. The molecule has 1 saturated carbocycles. The SMILES string of the molecule is O=C(NC1CCCC1)c1ccc2c(=O)n3nc(NCc4ccccc4)sc3nc2c1. The molecule has 1 aliphatic rings. The highest BCUT2D eigenvalue weighted by Crippen LogP contribution is 2.21. The number of hydrogen-bond donors (Lipinski definition) is 2. The van der Waals surface area contributed by atoms with Gasteiger partial charge in [-0.25, -0.2) is 4.98 Å². The van der Waals surface area contributed by atoms with E-state index in [0.29, 0.717) is 33.1 Å². The van der Waals surface area contributed by atoms with Crippen molar-refractivity contribution < 1.29 is 4.79 Å². The van der Waals surface area contributed by atoms with E-state index in [1.165, 1.54) is 15.9 Å². The first-order valence-corrected chi connectivity index (χ1v) is 10.9. The molecule has 0 bridgehead atoms. The molecular weight excluding hydrogens is 398 g/mol. The summed E-state index contributed by atoms with van der Waals surface area (Å²) in [6.45, 7) is 0.612. The molecule has 2 N–H and O–H groups in total. The molecule has 0 unspecified atom stereocenters. The van der Waals surface area contributed by atoms with E-state index >= 15 is 0 Å². The van der Waals surface area contributed by atoms with E-state index in [1.807, 2.05) is 30.3 Å². The number of rotatable bonds is 5. The number of carbonyl (C=O) groups is 1. The molecule has 152 valence electrons. The number of hydrogen-bond acceptors (Lipinski definition) is 6. The molecule has 1 fully saturated rings. The number of fused-ring (bicyclic) bond motifs is 2. The Morgan fingerprint density at radius 1 is 1.13 bits per heavy atom. The van der Waals surface area contributed by atoms with Crippen LogP contribution in [0.15, 0.2) is 53.3 Å². The van der Waals surface area contributed by atoms with Crippen LogP contribution in [-0.2, 0) is 6.54 Å². The zero-order valence-corrected chi connectivity index (χ0v) is 17.1. The minimum Gasteiger partial charge on any atom is -0.356 e. The third kappa shape index (κ3) is 3.66. The summed E-state index contributed by atoms with van der Waals surface area (Å²) in [6, 6.07) is 15.3. The lowest BCUT2D eigenvalue weighted by molar-refractivity contribution is 0.0938. The molecule has 30 heavy (non-hydrogen) atoms. The van der Waals surface area contributed by atoms with Crippen LogP contribution in [0.3, 0.4) is 0 Å². The van der Waals surface area contributed by atoms with Crippen LogP contribution in [0.1, 0.15) is 41.6 Å².